The molecule has 86 valence electrons. The van der Waals surface area contributed by atoms with Gasteiger partial charge in [-0.2, -0.15) is 0 Å². The van der Waals surface area contributed by atoms with Gasteiger partial charge in [0.1, 0.15) is 0 Å². The molecule has 2 N–H and O–H groups in total. The molecular weight excluding hydrogens is 210 g/mol. The number of nitrogens with one attached hydrogen (secondary N) is 1. The third-order valence-electron chi connectivity index (χ3n) is 2.76. The van der Waals surface area contributed by atoms with E-state index in [9.17, 15) is 9.59 Å². The maximum absolute atomic E-state index is 11.2. The zero-order chi connectivity index (χ0) is 11.7. The van der Waals surface area contributed by atoms with Crippen LogP contribution in [0.3, 0.4) is 0 Å². The van der Waals surface area contributed by atoms with Crippen molar-refractivity contribution >= 4 is 11.8 Å². The third kappa shape index (κ3) is 1.79. The van der Waals surface area contributed by atoms with E-state index in [1.165, 1.54) is 6.92 Å². The lowest BCUT2D eigenvalue weighted by atomic mass is 10.2. The highest BCUT2D eigenvalue weighted by Crippen LogP contribution is 2.16. The van der Waals surface area contributed by atoms with E-state index in [4.69, 9.17) is 5.21 Å². The van der Waals surface area contributed by atoms with Crippen molar-refractivity contribution in [3.63, 3.8) is 0 Å². The van der Waals surface area contributed by atoms with Gasteiger partial charge < -0.3 is 9.47 Å². The number of rotatable bonds is 1. The standard InChI is InChI=1S/C10H13N3O3/c1-7(14)12-2-3-13-5-8(10(15)11-16)4-9(13)6-12/h4-5,16H,2-3,6H2,1H3,(H,11,15). The number of carbonyl (C=O) groups is 2. The summed E-state index contributed by atoms with van der Waals surface area (Å²) in [5.41, 5.74) is 2.90. The van der Waals surface area contributed by atoms with Crippen molar-refractivity contribution < 1.29 is 14.8 Å². The Morgan fingerprint density at radius 2 is 2.19 bits per heavy atom. The number of nitrogens with zero attached hydrogens (tertiary/aromatic N) is 2. The van der Waals surface area contributed by atoms with Gasteiger partial charge in [-0.1, -0.05) is 0 Å². The van der Waals surface area contributed by atoms with Crippen molar-refractivity contribution in [2.24, 2.45) is 0 Å². The van der Waals surface area contributed by atoms with Crippen LogP contribution in [0.15, 0.2) is 12.3 Å². The summed E-state index contributed by atoms with van der Waals surface area (Å²) in [7, 11) is 0. The maximum atomic E-state index is 11.2. The molecule has 2 heterocycles. The van der Waals surface area contributed by atoms with Crippen LogP contribution in [0.25, 0.3) is 0 Å². The van der Waals surface area contributed by atoms with Crippen LogP contribution in [0, 0.1) is 0 Å². The molecule has 6 heteroatoms. The van der Waals surface area contributed by atoms with Gasteiger partial charge in [-0.05, 0) is 6.07 Å². The molecule has 6 nitrogen and oxygen atoms in total. The van der Waals surface area contributed by atoms with Crippen LogP contribution in [-0.4, -0.2) is 33.0 Å². The first-order chi connectivity index (χ1) is 7.61. The Morgan fingerprint density at radius 3 is 2.81 bits per heavy atom. The van der Waals surface area contributed by atoms with Gasteiger partial charge in [-0.15, -0.1) is 0 Å². The summed E-state index contributed by atoms with van der Waals surface area (Å²) < 4.78 is 1.92. The molecule has 0 aromatic carbocycles. The molecule has 1 aliphatic rings. The summed E-state index contributed by atoms with van der Waals surface area (Å²) in [5, 5.41) is 8.52. The maximum Gasteiger partial charge on any atom is 0.276 e. The Labute approximate surface area is 92.4 Å². The summed E-state index contributed by atoms with van der Waals surface area (Å²) in [6, 6.07) is 1.68. The highest BCUT2D eigenvalue weighted by Gasteiger charge is 2.20. The highest BCUT2D eigenvalue weighted by atomic mass is 16.5. The zero-order valence-electron chi connectivity index (χ0n) is 8.93. The van der Waals surface area contributed by atoms with Crippen LogP contribution in [0.1, 0.15) is 23.0 Å². The van der Waals surface area contributed by atoms with E-state index >= 15 is 0 Å². The van der Waals surface area contributed by atoms with E-state index < -0.39 is 5.91 Å². The molecule has 1 aromatic heterocycles. The van der Waals surface area contributed by atoms with Crippen molar-refractivity contribution in [1.29, 1.82) is 0 Å². The molecule has 0 radical (unpaired) electrons. The summed E-state index contributed by atoms with van der Waals surface area (Å²) in [6.45, 7) is 3.36. The Bertz CT molecular complexity index is 439. The van der Waals surface area contributed by atoms with Crippen LogP contribution < -0.4 is 5.48 Å². The normalized spacial score (nSPS) is 14.5. The van der Waals surface area contributed by atoms with Crippen LogP contribution in [0.2, 0.25) is 0 Å². The second-order valence-corrected chi connectivity index (χ2v) is 3.80. The van der Waals surface area contributed by atoms with E-state index in [2.05, 4.69) is 0 Å². The molecule has 0 saturated carbocycles. The molecule has 2 amide bonds. The van der Waals surface area contributed by atoms with Crippen molar-refractivity contribution in [1.82, 2.24) is 14.9 Å². The van der Waals surface area contributed by atoms with Crippen molar-refractivity contribution in [2.75, 3.05) is 6.54 Å². The first-order valence-electron chi connectivity index (χ1n) is 5.01. The fourth-order valence-corrected chi connectivity index (χ4v) is 1.86. The Kier molecular flexibility index (Phi) is 2.66. The largest absolute Gasteiger partial charge is 0.347 e. The lowest BCUT2D eigenvalue weighted by Crippen LogP contribution is -2.36. The SMILES string of the molecule is CC(=O)N1CCn2cc(C(=O)NO)cc2C1. The Hall–Kier alpha value is -1.82. The molecule has 0 spiro atoms. The van der Waals surface area contributed by atoms with Gasteiger partial charge in [0.2, 0.25) is 5.91 Å². The first-order valence-corrected chi connectivity index (χ1v) is 5.01. The summed E-state index contributed by atoms with van der Waals surface area (Å²) >= 11 is 0. The van der Waals surface area contributed by atoms with E-state index in [-0.39, 0.29) is 5.91 Å². The van der Waals surface area contributed by atoms with Gasteiger partial charge in [-0.3, -0.25) is 14.8 Å². The Balaban J connectivity index is 2.23. The second-order valence-electron chi connectivity index (χ2n) is 3.80. The number of hydrogen-bond acceptors (Lipinski definition) is 3. The molecule has 1 aliphatic heterocycles. The lowest BCUT2D eigenvalue weighted by molar-refractivity contribution is -0.130. The molecular formula is C10H13N3O3. The molecule has 0 bridgehead atoms. The number of hydroxylamine groups is 1. The summed E-state index contributed by atoms with van der Waals surface area (Å²) in [4.78, 5) is 24.1. The second kappa shape index (κ2) is 3.97. The van der Waals surface area contributed by atoms with E-state index in [1.54, 1.807) is 22.6 Å². The lowest BCUT2D eigenvalue weighted by Gasteiger charge is -2.27. The number of carbonyl (C=O) groups excluding carboxylic acids is 2. The van der Waals surface area contributed by atoms with Crippen molar-refractivity contribution in [3.8, 4) is 0 Å². The molecule has 2 rings (SSSR count). The number of fused-ring (bicyclic) bond motifs is 1. The average molecular weight is 223 g/mol. The van der Waals surface area contributed by atoms with Gasteiger partial charge >= 0.3 is 0 Å². The molecule has 0 saturated heterocycles. The van der Waals surface area contributed by atoms with E-state index in [1.807, 2.05) is 4.57 Å². The molecule has 0 unspecified atom stereocenters. The van der Waals surface area contributed by atoms with Gasteiger partial charge in [-0.25, -0.2) is 5.48 Å². The summed E-state index contributed by atoms with van der Waals surface area (Å²) in [6.07, 6.45) is 1.68. The van der Waals surface area contributed by atoms with Gasteiger partial charge in [0.15, 0.2) is 0 Å². The minimum absolute atomic E-state index is 0.0283. The number of amides is 2. The van der Waals surface area contributed by atoms with Gasteiger partial charge in [0.05, 0.1) is 12.1 Å². The van der Waals surface area contributed by atoms with Crippen molar-refractivity contribution in [2.45, 2.75) is 20.0 Å². The summed E-state index contributed by atoms with van der Waals surface area (Å²) in [5.74, 6) is -0.503. The monoisotopic (exact) mass is 223 g/mol. The predicted octanol–water partition coefficient (Wildman–Crippen LogP) is -0.0308. The molecule has 1 aromatic rings. The number of hydrogen-bond donors (Lipinski definition) is 2. The predicted molar refractivity (Wildman–Crippen MR) is 54.8 cm³/mol. The number of aromatic nitrogens is 1. The molecule has 16 heavy (non-hydrogen) atoms. The average Bonchev–Trinajstić information content (AvgIpc) is 2.70. The quantitative estimate of drug-likeness (QED) is 0.518. The fourth-order valence-electron chi connectivity index (χ4n) is 1.86. The minimum Gasteiger partial charge on any atom is -0.347 e. The molecule has 0 fully saturated rings. The van der Waals surface area contributed by atoms with Gasteiger partial charge in [0.25, 0.3) is 5.91 Å². The van der Waals surface area contributed by atoms with Crippen LogP contribution in [0.5, 0.6) is 0 Å². The van der Waals surface area contributed by atoms with Gasteiger partial charge in [0, 0.05) is 31.9 Å². The van der Waals surface area contributed by atoms with Crippen LogP contribution in [-0.2, 0) is 17.9 Å². The topological polar surface area (TPSA) is 74.6 Å². The van der Waals surface area contributed by atoms with Crippen LogP contribution >= 0.6 is 0 Å². The third-order valence-corrected chi connectivity index (χ3v) is 2.76. The first kappa shape index (κ1) is 10.7. The highest BCUT2D eigenvalue weighted by molar-refractivity contribution is 5.93. The Morgan fingerprint density at radius 1 is 1.44 bits per heavy atom. The molecule has 0 aliphatic carbocycles. The van der Waals surface area contributed by atoms with Crippen LogP contribution in [0.4, 0.5) is 0 Å². The van der Waals surface area contributed by atoms with Crippen molar-refractivity contribution in [3.05, 3.63) is 23.5 Å². The van der Waals surface area contributed by atoms with E-state index in [0.717, 1.165) is 5.69 Å². The smallest absolute Gasteiger partial charge is 0.276 e. The zero-order valence-corrected chi connectivity index (χ0v) is 8.93. The molecule has 0 atom stereocenters. The fraction of sp³-hybridized carbons (Fsp3) is 0.400. The minimum atomic E-state index is -0.531. The van der Waals surface area contributed by atoms with E-state index in [0.29, 0.717) is 25.2 Å².